The lowest BCUT2D eigenvalue weighted by molar-refractivity contribution is 0.674. The predicted molar refractivity (Wildman–Crippen MR) is 272 cm³/mol. The number of aryl methyl sites for hydroxylation is 1. The molecule has 4 atom stereocenters. The number of benzene rings is 4. The summed E-state index contributed by atoms with van der Waals surface area (Å²) in [5.74, 6) is 9.68. The molecule has 0 spiro atoms. The highest BCUT2D eigenvalue weighted by Gasteiger charge is 2.45. The summed E-state index contributed by atoms with van der Waals surface area (Å²) in [6.07, 6.45) is 22.3. The molecule has 0 saturated heterocycles. The van der Waals surface area contributed by atoms with Gasteiger partial charge < -0.3 is 9.47 Å². The van der Waals surface area contributed by atoms with Crippen LogP contribution in [0.2, 0.25) is 0 Å². The largest absolute Gasteiger partial charge is 0.322 e. The van der Waals surface area contributed by atoms with E-state index in [1.165, 1.54) is 55.5 Å². The number of allylic oxidation sites excluding steroid dienone is 4. The van der Waals surface area contributed by atoms with Gasteiger partial charge in [-0.1, -0.05) is 117 Å². The van der Waals surface area contributed by atoms with Gasteiger partial charge in [-0.3, -0.25) is 9.13 Å². The number of aromatic nitrogens is 5. The number of hydrogen-bond donors (Lipinski definition) is 0. The molecule has 6 aliphatic rings. The molecule has 0 bridgehead atoms. The van der Waals surface area contributed by atoms with Gasteiger partial charge in [-0.05, 0) is 91.3 Å². The lowest BCUT2D eigenvalue weighted by Gasteiger charge is -2.34. The maximum Gasteiger partial charge on any atom is 0.165 e. The summed E-state index contributed by atoms with van der Waals surface area (Å²) >= 11 is 1.78. The Kier molecular flexibility index (Phi) is 7.49. The number of fused-ring (bicyclic) bond motifs is 12. The van der Waals surface area contributed by atoms with Crippen molar-refractivity contribution in [3.05, 3.63) is 178 Å². The third-order valence-corrected chi connectivity index (χ3v) is 16.3. The monoisotopic (exact) mass is 866 g/mol. The van der Waals surface area contributed by atoms with Gasteiger partial charge in [-0.2, -0.15) is 0 Å². The van der Waals surface area contributed by atoms with Crippen LogP contribution in [0.5, 0.6) is 0 Å². The maximum absolute atomic E-state index is 6.36. The van der Waals surface area contributed by atoms with Crippen LogP contribution >= 0.6 is 11.3 Å². The Bertz CT molecular complexity index is 3910. The molecular weight excluding hydrogens is 825 g/mol. The van der Waals surface area contributed by atoms with Crippen LogP contribution in [-0.4, -0.2) is 29.7 Å². The number of hydrogen-bond acceptors (Lipinski definition) is 4. The van der Waals surface area contributed by atoms with Gasteiger partial charge >= 0.3 is 0 Å². The van der Waals surface area contributed by atoms with Crippen LogP contribution in [0.1, 0.15) is 78.7 Å². The van der Waals surface area contributed by atoms with Gasteiger partial charge in [0.2, 0.25) is 0 Å². The molecule has 7 heteroatoms. The average Bonchev–Trinajstić information content (AvgIpc) is 4.24. The first-order valence-corrected chi connectivity index (χ1v) is 24.3. The van der Waals surface area contributed by atoms with E-state index < -0.39 is 0 Å². The summed E-state index contributed by atoms with van der Waals surface area (Å²) in [5.41, 5.74) is 21.4. The van der Waals surface area contributed by atoms with E-state index in [1.54, 1.807) is 11.3 Å². The topological polar surface area (TPSA) is 43.8 Å². The lowest BCUT2D eigenvalue weighted by Crippen LogP contribution is -2.35. The Morgan fingerprint density at radius 2 is 1.42 bits per heavy atom. The molecule has 6 heterocycles. The van der Waals surface area contributed by atoms with E-state index in [-0.39, 0.29) is 17.9 Å². The molecule has 5 aromatic heterocycles. The summed E-state index contributed by atoms with van der Waals surface area (Å²) in [6, 6.07) is 35.3. The van der Waals surface area contributed by atoms with Gasteiger partial charge in [0.15, 0.2) is 11.6 Å². The van der Waals surface area contributed by atoms with Gasteiger partial charge in [-0.25, -0.2) is 9.97 Å². The van der Waals surface area contributed by atoms with E-state index in [9.17, 15) is 0 Å². The van der Waals surface area contributed by atoms with E-state index in [0.29, 0.717) is 5.92 Å². The average molecular weight is 867 g/mol. The SMILES string of the molecule is CC1C=Cc2c1n(-c1nc(-n3c4c(c5ccccc53)C=C=C4)c(N3C4=C(CCC=C4)C4C=CC#CC43)c(-c3nc4ccccc4s3)c1-n1c3c(c4ccccc41)CCC3C)c1ccccc21. The van der Waals surface area contributed by atoms with Crippen molar-refractivity contribution in [2.45, 2.75) is 57.4 Å². The van der Waals surface area contributed by atoms with E-state index in [0.717, 1.165) is 91.8 Å². The van der Waals surface area contributed by atoms with E-state index >= 15 is 0 Å². The number of nitrogens with zero attached hydrogens (tertiary/aromatic N) is 6. The van der Waals surface area contributed by atoms with Gasteiger partial charge in [0.1, 0.15) is 16.7 Å². The molecule has 0 fully saturated rings. The molecule has 4 unspecified atom stereocenters. The molecule has 66 heavy (non-hydrogen) atoms. The second kappa shape index (κ2) is 13.5. The van der Waals surface area contributed by atoms with E-state index in [2.05, 4.69) is 196 Å². The molecule has 6 nitrogen and oxygen atoms in total. The Morgan fingerprint density at radius 1 is 0.682 bits per heavy atom. The Hall–Kier alpha value is -7.62. The fraction of sp³-hybridized carbons (Fsp3) is 0.169. The highest BCUT2D eigenvalue weighted by molar-refractivity contribution is 7.21. The summed E-state index contributed by atoms with van der Waals surface area (Å²) in [4.78, 5) is 14.7. The Balaban J connectivity index is 1.22. The molecule has 15 rings (SSSR count). The van der Waals surface area contributed by atoms with E-state index in [4.69, 9.17) is 9.97 Å². The minimum absolute atomic E-state index is 0.134. The fourth-order valence-electron chi connectivity index (χ4n) is 12.5. The van der Waals surface area contributed by atoms with Crippen LogP contribution in [0.25, 0.3) is 89.0 Å². The zero-order valence-corrected chi connectivity index (χ0v) is 37.4. The Labute approximate surface area is 386 Å². The van der Waals surface area contributed by atoms with Gasteiger partial charge in [-0.15, -0.1) is 17.1 Å². The zero-order chi connectivity index (χ0) is 43.4. The number of thiazole rings is 1. The minimum atomic E-state index is -0.134. The van der Waals surface area contributed by atoms with Crippen molar-refractivity contribution in [3.63, 3.8) is 0 Å². The Morgan fingerprint density at radius 3 is 2.27 bits per heavy atom. The highest BCUT2D eigenvalue weighted by Crippen LogP contribution is 2.55. The molecular formula is C59H42N6S. The fourth-order valence-corrected chi connectivity index (χ4v) is 13.5. The number of rotatable bonds is 5. The quantitative estimate of drug-likeness (QED) is 0.128. The maximum atomic E-state index is 6.36. The molecule has 4 aromatic carbocycles. The predicted octanol–water partition coefficient (Wildman–Crippen LogP) is 14.0. The molecule has 0 N–H and O–H groups in total. The van der Waals surface area contributed by atoms with Gasteiger partial charge in [0, 0.05) is 62.3 Å². The van der Waals surface area contributed by atoms with Crippen LogP contribution in [0.3, 0.4) is 0 Å². The van der Waals surface area contributed by atoms with Crippen molar-refractivity contribution in [1.29, 1.82) is 0 Å². The van der Waals surface area contributed by atoms with Gasteiger partial charge in [0.05, 0.1) is 43.7 Å². The third-order valence-electron chi connectivity index (χ3n) is 15.2. The second-order valence-electron chi connectivity index (χ2n) is 18.7. The smallest absolute Gasteiger partial charge is 0.165 e. The second-order valence-corrected chi connectivity index (χ2v) is 19.8. The third kappa shape index (κ3) is 4.77. The first kappa shape index (κ1) is 36.7. The van der Waals surface area contributed by atoms with Crippen LogP contribution in [0, 0.1) is 17.8 Å². The standard InChI is InChI=1S/C59H42N6S/c1-34-30-32-42-40-19-6-12-26-49(40)64(53(34)42)56-52(59-60-44-22-8-14-29-51(44)66-59)55(62-45-23-9-3-16-36(45)37-17-4-10-24-46(37)62)57(63-47-25-11-5-18-38(47)39-21-15-28-48(39)63)61-58(56)65-50-27-13-7-20-41(50)43-33-31-35(2)54(43)65/h3,5-8,10-14,16,18-22,24-29,31,33-36,45H,4,17,30,32H2,1-2H3. The van der Waals surface area contributed by atoms with Crippen molar-refractivity contribution < 1.29 is 0 Å². The molecule has 0 saturated carbocycles. The minimum Gasteiger partial charge on any atom is -0.322 e. The summed E-state index contributed by atoms with van der Waals surface area (Å²) in [6.45, 7) is 4.75. The van der Waals surface area contributed by atoms with Crippen LogP contribution in [-0.2, 0) is 6.42 Å². The van der Waals surface area contributed by atoms with Crippen LogP contribution in [0.4, 0.5) is 5.69 Å². The number of anilines is 1. The van der Waals surface area contributed by atoms with Crippen LogP contribution < -0.4 is 4.90 Å². The number of para-hydroxylation sites is 4. The van der Waals surface area contributed by atoms with Crippen molar-refractivity contribution in [2.24, 2.45) is 5.92 Å². The van der Waals surface area contributed by atoms with E-state index in [1.807, 2.05) is 0 Å². The van der Waals surface area contributed by atoms with Crippen molar-refractivity contribution in [2.75, 3.05) is 4.90 Å². The molecule has 9 aromatic rings. The first-order valence-electron chi connectivity index (χ1n) is 23.4. The zero-order valence-electron chi connectivity index (χ0n) is 36.6. The summed E-state index contributed by atoms with van der Waals surface area (Å²) in [7, 11) is 0. The molecule has 0 amide bonds. The molecule has 1 aliphatic heterocycles. The van der Waals surface area contributed by atoms with Gasteiger partial charge in [0.25, 0.3) is 0 Å². The summed E-state index contributed by atoms with van der Waals surface area (Å²) < 4.78 is 8.75. The first-order chi connectivity index (χ1) is 32.6. The van der Waals surface area contributed by atoms with Crippen LogP contribution in [0.15, 0.2) is 144 Å². The molecule has 5 aliphatic carbocycles. The summed E-state index contributed by atoms with van der Waals surface area (Å²) in [5, 5.41) is 4.70. The lowest BCUT2D eigenvalue weighted by atomic mass is 9.88. The van der Waals surface area contributed by atoms with Crippen molar-refractivity contribution in [3.8, 4) is 39.7 Å². The van der Waals surface area contributed by atoms with Crippen molar-refractivity contribution in [1.82, 2.24) is 23.7 Å². The normalized spacial score (nSPS) is 20.6. The number of pyridine rings is 1. The highest BCUT2D eigenvalue weighted by atomic mass is 32.1. The van der Waals surface area contributed by atoms with Crippen molar-refractivity contribution >= 4 is 78.2 Å². The molecule has 0 radical (unpaired) electrons. The molecule has 314 valence electrons.